The molecule has 0 aromatic heterocycles. The molecule has 2 nitrogen and oxygen atoms in total. The maximum atomic E-state index is 10.4. The van der Waals surface area contributed by atoms with Gasteiger partial charge >= 0.3 is 0 Å². The van der Waals surface area contributed by atoms with Crippen molar-refractivity contribution in [2.75, 3.05) is 0 Å². The molecule has 0 aromatic rings. The zero-order chi connectivity index (χ0) is 14.8. The molecule has 0 saturated heterocycles. The van der Waals surface area contributed by atoms with E-state index in [4.69, 9.17) is 0 Å². The molecule has 2 N–H and O–H groups in total. The van der Waals surface area contributed by atoms with Gasteiger partial charge in [0.05, 0.1) is 11.9 Å². The third-order valence-corrected chi connectivity index (χ3v) is 7.73. The fourth-order valence-electron chi connectivity index (χ4n) is 6.27. The normalized spacial score (nSPS) is 55.4. The first-order valence-electron chi connectivity index (χ1n) is 8.71. The Balaban J connectivity index is 1.67. The summed E-state index contributed by atoms with van der Waals surface area (Å²) < 4.78 is 0. The molecule has 0 bridgehead atoms. The smallest absolute Gasteiger partial charge is 0.0886 e. The molecule has 0 spiro atoms. The van der Waals surface area contributed by atoms with Gasteiger partial charge in [-0.3, -0.25) is 0 Å². The summed E-state index contributed by atoms with van der Waals surface area (Å²) in [5, 5.41) is 20.3. The van der Waals surface area contributed by atoms with Gasteiger partial charge in [0.2, 0.25) is 0 Å². The van der Waals surface area contributed by atoms with Crippen LogP contribution in [-0.2, 0) is 0 Å². The van der Waals surface area contributed by atoms with Gasteiger partial charge in [0.25, 0.3) is 0 Å². The largest absolute Gasteiger partial charge is 0.513 e. The maximum absolute atomic E-state index is 10.4. The highest BCUT2D eigenvalue weighted by molar-refractivity contribution is 5.21. The van der Waals surface area contributed by atoms with Gasteiger partial charge in [-0.15, -0.1) is 0 Å². The van der Waals surface area contributed by atoms with E-state index in [9.17, 15) is 10.2 Å². The zero-order valence-corrected chi connectivity index (χ0v) is 13.3. The van der Waals surface area contributed by atoms with Gasteiger partial charge in [-0.05, 0) is 67.3 Å². The van der Waals surface area contributed by atoms with E-state index in [0.717, 1.165) is 31.1 Å². The van der Waals surface area contributed by atoms with Crippen LogP contribution in [0.25, 0.3) is 0 Å². The molecule has 4 rings (SSSR count). The molecule has 0 aliphatic heterocycles. The molecule has 21 heavy (non-hydrogen) atoms. The lowest BCUT2D eigenvalue weighted by Gasteiger charge is -2.59. The summed E-state index contributed by atoms with van der Waals surface area (Å²) in [7, 11) is 0. The van der Waals surface area contributed by atoms with E-state index >= 15 is 0 Å². The molecule has 0 amide bonds. The van der Waals surface area contributed by atoms with Crippen LogP contribution in [0.1, 0.15) is 52.4 Å². The second-order valence-corrected chi connectivity index (χ2v) is 8.52. The van der Waals surface area contributed by atoms with Crippen LogP contribution in [0.2, 0.25) is 0 Å². The quantitative estimate of drug-likeness (QED) is 0.655. The lowest BCUT2D eigenvalue weighted by atomic mass is 9.46. The lowest BCUT2D eigenvalue weighted by molar-refractivity contribution is -0.0986. The number of hydrogen-bond donors (Lipinski definition) is 2. The zero-order valence-electron chi connectivity index (χ0n) is 13.3. The fraction of sp³-hybridized carbons (Fsp3) is 0.789. The second kappa shape index (κ2) is 4.38. The number of allylic oxidation sites excluding steroid dienone is 3. The topological polar surface area (TPSA) is 40.5 Å². The molecule has 0 radical (unpaired) electrons. The first-order chi connectivity index (χ1) is 9.95. The SMILES string of the molecule is C[C@]12CC[C@H]3[C@@H](CCC4C=C(O)CC[C@@]43C)[C@@H]1C=C[C@@H]2O. The van der Waals surface area contributed by atoms with Crippen molar-refractivity contribution in [3.63, 3.8) is 0 Å². The monoisotopic (exact) mass is 288 g/mol. The van der Waals surface area contributed by atoms with Crippen molar-refractivity contribution in [2.45, 2.75) is 58.5 Å². The van der Waals surface area contributed by atoms with Gasteiger partial charge in [-0.2, -0.15) is 0 Å². The number of rotatable bonds is 0. The van der Waals surface area contributed by atoms with Crippen molar-refractivity contribution in [1.82, 2.24) is 0 Å². The summed E-state index contributed by atoms with van der Waals surface area (Å²) >= 11 is 0. The van der Waals surface area contributed by atoms with Gasteiger partial charge in [0.15, 0.2) is 0 Å². The average Bonchev–Trinajstić information content (AvgIpc) is 2.76. The van der Waals surface area contributed by atoms with Gasteiger partial charge in [-0.1, -0.05) is 26.0 Å². The Hall–Kier alpha value is -0.760. The Morgan fingerprint density at radius 1 is 1.05 bits per heavy atom. The van der Waals surface area contributed by atoms with Crippen LogP contribution in [0.15, 0.2) is 24.0 Å². The maximum Gasteiger partial charge on any atom is 0.0886 e. The molecule has 4 aliphatic carbocycles. The standard InChI is InChI=1S/C19H28O2/c1-18-9-7-13(20)11-12(18)3-4-14-15-5-6-17(21)19(15,2)10-8-16(14)18/h5-6,11-12,14-17,20-21H,3-4,7-10H2,1-2H3/t12?,14-,15-,16-,17-,18-,19-/m0/s1. The molecule has 2 saturated carbocycles. The molecule has 116 valence electrons. The summed E-state index contributed by atoms with van der Waals surface area (Å²) in [5.74, 6) is 3.23. The number of fused-ring (bicyclic) bond motifs is 5. The molecular formula is C19H28O2. The molecule has 0 heterocycles. The Labute approximate surface area is 127 Å². The van der Waals surface area contributed by atoms with Crippen LogP contribution in [0.5, 0.6) is 0 Å². The average molecular weight is 288 g/mol. The molecule has 7 atom stereocenters. The van der Waals surface area contributed by atoms with Crippen LogP contribution in [0.3, 0.4) is 0 Å². The van der Waals surface area contributed by atoms with E-state index in [-0.39, 0.29) is 11.5 Å². The van der Waals surface area contributed by atoms with Crippen LogP contribution < -0.4 is 0 Å². The summed E-state index contributed by atoms with van der Waals surface area (Å²) in [6.45, 7) is 4.76. The summed E-state index contributed by atoms with van der Waals surface area (Å²) in [4.78, 5) is 0. The third-order valence-electron chi connectivity index (χ3n) is 7.73. The van der Waals surface area contributed by atoms with Crippen LogP contribution in [0, 0.1) is 34.5 Å². The van der Waals surface area contributed by atoms with Crippen molar-refractivity contribution in [3.05, 3.63) is 24.0 Å². The molecule has 2 heteroatoms. The minimum absolute atomic E-state index is 0.0804. The second-order valence-electron chi connectivity index (χ2n) is 8.52. The Bertz CT molecular complexity index is 508. The van der Waals surface area contributed by atoms with Crippen LogP contribution in [-0.4, -0.2) is 16.3 Å². The molecule has 2 fully saturated rings. The number of aliphatic hydroxyl groups is 2. The Morgan fingerprint density at radius 3 is 2.67 bits per heavy atom. The minimum Gasteiger partial charge on any atom is -0.513 e. The van der Waals surface area contributed by atoms with Crippen molar-refractivity contribution in [1.29, 1.82) is 0 Å². The molecule has 0 aromatic carbocycles. The molecular weight excluding hydrogens is 260 g/mol. The van der Waals surface area contributed by atoms with E-state index in [1.54, 1.807) is 0 Å². The summed E-state index contributed by atoms with van der Waals surface area (Å²) in [5.41, 5.74) is 0.439. The van der Waals surface area contributed by atoms with Gasteiger partial charge in [-0.25, -0.2) is 0 Å². The van der Waals surface area contributed by atoms with Gasteiger partial charge in [0.1, 0.15) is 0 Å². The fourth-order valence-corrected chi connectivity index (χ4v) is 6.27. The van der Waals surface area contributed by atoms with Gasteiger partial charge < -0.3 is 10.2 Å². The first kappa shape index (κ1) is 13.9. The molecule has 1 unspecified atom stereocenters. The summed E-state index contributed by atoms with van der Waals surface area (Å²) in [6.07, 6.45) is 13.1. The third kappa shape index (κ3) is 1.75. The predicted molar refractivity (Wildman–Crippen MR) is 83.7 cm³/mol. The highest BCUT2D eigenvalue weighted by atomic mass is 16.3. The highest BCUT2D eigenvalue weighted by Crippen LogP contribution is 2.64. The number of aliphatic hydroxyl groups excluding tert-OH is 2. The van der Waals surface area contributed by atoms with Crippen LogP contribution in [0.4, 0.5) is 0 Å². The van der Waals surface area contributed by atoms with Gasteiger partial charge in [0, 0.05) is 11.8 Å². The minimum atomic E-state index is -0.246. The Kier molecular flexibility index (Phi) is 2.89. The van der Waals surface area contributed by atoms with Crippen molar-refractivity contribution in [2.24, 2.45) is 34.5 Å². The highest BCUT2D eigenvalue weighted by Gasteiger charge is 2.58. The van der Waals surface area contributed by atoms with Crippen molar-refractivity contribution >= 4 is 0 Å². The van der Waals surface area contributed by atoms with Crippen LogP contribution >= 0.6 is 0 Å². The predicted octanol–water partition coefficient (Wildman–Crippen LogP) is 4.22. The van der Waals surface area contributed by atoms with E-state index in [2.05, 4.69) is 26.0 Å². The van der Waals surface area contributed by atoms with E-state index in [1.807, 2.05) is 6.08 Å². The lowest BCUT2D eigenvalue weighted by Crippen LogP contribution is -2.53. The van der Waals surface area contributed by atoms with E-state index in [0.29, 0.717) is 23.0 Å². The van der Waals surface area contributed by atoms with E-state index < -0.39 is 0 Å². The van der Waals surface area contributed by atoms with Crippen molar-refractivity contribution in [3.8, 4) is 0 Å². The molecule has 4 aliphatic rings. The van der Waals surface area contributed by atoms with E-state index in [1.165, 1.54) is 19.3 Å². The Morgan fingerprint density at radius 2 is 1.86 bits per heavy atom. The summed E-state index contributed by atoms with van der Waals surface area (Å²) in [6, 6.07) is 0. The first-order valence-corrected chi connectivity index (χ1v) is 8.71. The number of hydrogen-bond acceptors (Lipinski definition) is 2. The van der Waals surface area contributed by atoms with Crippen molar-refractivity contribution < 1.29 is 10.2 Å².